The number of likely N-dealkylation sites (tertiary alicyclic amines) is 1. The first-order valence-corrected chi connectivity index (χ1v) is 15.5. The number of aryl methyl sites for hydroxylation is 1. The molecule has 2 saturated heterocycles. The molecule has 9 heteroatoms. The van der Waals surface area contributed by atoms with E-state index in [0.717, 1.165) is 55.2 Å². The van der Waals surface area contributed by atoms with Crippen LogP contribution in [0.1, 0.15) is 49.8 Å². The van der Waals surface area contributed by atoms with Gasteiger partial charge in [-0.15, -0.1) is 6.58 Å². The van der Waals surface area contributed by atoms with Gasteiger partial charge in [0.1, 0.15) is 5.39 Å². The topological polar surface area (TPSA) is 84.1 Å². The zero-order chi connectivity index (χ0) is 28.4. The van der Waals surface area contributed by atoms with Gasteiger partial charge < -0.3 is 10.2 Å². The normalized spacial score (nSPS) is 23.7. The van der Waals surface area contributed by atoms with Crippen LogP contribution in [-0.2, 0) is 13.0 Å². The van der Waals surface area contributed by atoms with Crippen LogP contribution in [0.15, 0.2) is 60.0 Å². The van der Waals surface area contributed by atoms with Crippen LogP contribution in [-0.4, -0.2) is 61.4 Å². The summed E-state index contributed by atoms with van der Waals surface area (Å²) in [5.41, 5.74) is 4.97. The molecule has 1 saturated carbocycles. The Kier molecular flexibility index (Phi) is 6.17. The molecule has 0 bridgehead atoms. The SMILES string of the molecule is C=CCn1c(=O)c2cnc(Nc3ccc(N4C[C@@H]5CN(C6CCC6)C[C@@H]5C4)cc3)nc2n1-c1ccc2c(n1)C(C)CC2. The first-order chi connectivity index (χ1) is 20.6. The highest BCUT2D eigenvalue weighted by Gasteiger charge is 2.43. The molecule has 2 aliphatic carbocycles. The fourth-order valence-electron chi connectivity index (χ4n) is 7.54. The minimum absolute atomic E-state index is 0.151. The van der Waals surface area contributed by atoms with Crippen LogP contribution in [0.3, 0.4) is 0 Å². The molecule has 3 aromatic heterocycles. The zero-order valence-electron chi connectivity index (χ0n) is 24.2. The van der Waals surface area contributed by atoms with E-state index in [-0.39, 0.29) is 5.56 Å². The van der Waals surface area contributed by atoms with Crippen LogP contribution in [0.25, 0.3) is 16.9 Å². The summed E-state index contributed by atoms with van der Waals surface area (Å²) in [5, 5.41) is 3.82. The van der Waals surface area contributed by atoms with Crippen LogP contribution in [0.5, 0.6) is 0 Å². The van der Waals surface area contributed by atoms with Gasteiger partial charge in [0.05, 0.1) is 6.54 Å². The molecule has 4 aromatic rings. The first-order valence-electron chi connectivity index (χ1n) is 15.5. The number of rotatable bonds is 7. The van der Waals surface area contributed by atoms with Crippen molar-refractivity contribution in [3.63, 3.8) is 0 Å². The Morgan fingerprint density at radius 3 is 2.50 bits per heavy atom. The molecule has 9 nitrogen and oxygen atoms in total. The maximum absolute atomic E-state index is 13.3. The Morgan fingerprint density at radius 1 is 1.00 bits per heavy atom. The van der Waals surface area contributed by atoms with Gasteiger partial charge in [0, 0.05) is 55.5 Å². The number of nitrogens with zero attached hydrogens (tertiary/aromatic N) is 7. The van der Waals surface area contributed by atoms with E-state index in [4.69, 9.17) is 9.97 Å². The molecule has 5 heterocycles. The van der Waals surface area contributed by atoms with E-state index in [0.29, 0.717) is 35.3 Å². The second kappa shape index (κ2) is 10.1. The molecule has 2 aliphatic heterocycles. The number of benzene rings is 1. The molecule has 4 aliphatic rings. The van der Waals surface area contributed by atoms with Crippen molar-refractivity contribution in [2.45, 2.75) is 57.5 Å². The van der Waals surface area contributed by atoms with Crippen LogP contribution < -0.4 is 15.8 Å². The Labute approximate surface area is 245 Å². The van der Waals surface area contributed by atoms with E-state index >= 15 is 0 Å². The molecular weight excluding hydrogens is 524 g/mol. The van der Waals surface area contributed by atoms with E-state index in [2.05, 4.69) is 63.9 Å². The predicted molar refractivity (Wildman–Crippen MR) is 166 cm³/mol. The van der Waals surface area contributed by atoms with Gasteiger partial charge in [0.2, 0.25) is 5.95 Å². The van der Waals surface area contributed by atoms with E-state index in [1.165, 1.54) is 43.6 Å². The Balaban J connectivity index is 1.04. The molecule has 1 aromatic carbocycles. The van der Waals surface area contributed by atoms with E-state index in [1.54, 1.807) is 17.0 Å². The summed E-state index contributed by atoms with van der Waals surface area (Å²) in [6, 6.07) is 13.6. The number of pyridine rings is 1. The molecule has 0 radical (unpaired) electrons. The van der Waals surface area contributed by atoms with Gasteiger partial charge in [-0.1, -0.05) is 25.5 Å². The molecule has 0 spiro atoms. The third kappa shape index (κ3) is 4.24. The number of aromatic nitrogens is 5. The lowest BCUT2D eigenvalue weighted by Gasteiger charge is -2.35. The van der Waals surface area contributed by atoms with Crippen molar-refractivity contribution in [2.75, 3.05) is 36.4 Å². The maximum atomic E-state index is 13.3. The Morgan fingerprint density at radius 2 is 1.79 bits per heavy atom. The van der Waals surface area contributed by atoms with E-state index in [9.17, 15) is 4.79 Å². The molecular formula is C33H38N8O. The Hall–Kier alpha value is -3.98. The molecule has 8 rings (SSSR count). The van der Waals surface area contributed by atoms with Crippen LogP contribution >= 0.6 is 0 Å². The summed E-state index contributed by atoms with van der Waals surface area (Å²) in [6.45, 7) is 11.3. The minimum atomic E-state index is -0.151. The van der Waals surface area contributed by atoms with Gasteiger partial charge in [0.25, 0.3) is 5.56 Å². The molecule has 1 N–H and O–H groups in total. The van der Waals surface area contributed by atoms with Crippen molar-refractivity contribution in [1.82, 2.24) is 29.2 Å². The smallest absolute Gasteiger partial charge is 0.278 e. The van der Waals surface area contributed by atoms with Gasteiger partial charge in [0.15, 0.2) is 11.5 Å². The predicted octanol–water partition coefficient (Wildman–Crippen LogP) is 4.88. The first kappa shape index (κ1) is 25.7. The summed E-state index contributed by atoms with van der Waals surface area (Å²) in [5.74, 6) is 3.12. The highest BCUT2D eigenvalue weighted by molar-refractivity contribution is 5.77. The van der Waals surface area contributed by atoms with Crippen LogP contribution in [0.2, 0.25) is 0 Å². The second-order valence-electron chi connectivity index (χ2n) is 12.7. The fourth-order valence-corrected chi connectivity index (χ4v) is 7.54. The monoisotopic (exact) mass is 562 g/mol. The number of hydrogen-bond donors (Lipinski definition) is 1. The lowest BCUT2D eigenvalue weighted by atomic mass is 9.92. The van der Waals surface area contributed by atoms with E-state index in [1.807, 2.05) is 10.7 Å². The molecule has 3 atom stereocenters. The third-order valence-electron chi connectivity index (χ3n) is 10.1. The molecule has 3 fully saturated rings. The molecule has 42 heavy (non-hydrogen) atoms. The van der Waals surface area contributed by atoms with Crippen molar-refractivity contribution in [3.05, 3.63) is 76.9 Å². The lowest BCUT2D eigenvalue weighted by Crippen LogP contribution is -2.40. The number of anilines is 3. The highest BCUT2D eigenvalue weighted by Crippen LogP contribution is 2.38. The van der Waals surface area contributed by atoms with Gasteiger partial charge in [-0.3, -0.25) is 9.69 Å². The van der Waals surface area contributed by atoms with E-state index < -0.39 is 0 Å². The van der Waals surface area contributed by atoms with Gasteiger partial charge in [-0.2, -0.15) is 4.98 Å². The van der Waals surface area contributed by atoms with Gasteiger partial charge in [-0.05, 0) is 79.3 Å². The van der Waals surface area contributed by atoms with Crippen LogP contribution in [0, 0.1) is 11.8 Å². The summed E-state index contributed by atoms with van der Waals surface area (Å²) >= 11 is 0. The summed E-state index contributed by atoms with van der Waals surface area (Å²) in [7, 11) is 0. The number of hydrogen-bond acceptors (Lipinski definition) is 7. The van der Waals surface area contributed by atoms with Crippen LogP contribution in [0.4, 0.5) is 17.3 Å². The molecule has 0 amide bonds. The van der Waals surface area contributed by atoms with Crippen molar-refractivity contribution in [2.24, 2.45) is 11.8 Å². The number of nitrogens with one attached hydrogen (secondary N) is 1. The highest BCUT2D eigenvalue weighted by atomic mass is 16.1. The Bertz CT molecular complexity index is 1700. The molecule has 1 unspecified atom stereocenters. The van der Waals surface area contributed by atoms with Crippen molar-refractivity contribution >= 4 is 28.4 Å². The largest absolute Gasteiger partial charge is 0.371 e. The minimum Gasteiger partial charge on any atom is -0.371 e. The van der Waals surface area contributed by atoms with Gasteiger partial charge in [-0.25, -0.2) is 19.3 Å². The summed E-state index contributed by atoms with van der Waals surface area (Å²) in [4.78, 5) is 33.0. The average molecular weight is 563 g/mol. The average Bonchev–Trinajstić information content (AvgIpc) is 3.71. The number of allylic oxidation sites excluding steroid dienone is 1. The third-order valence-corrected chi connectivity index (χ3v) is 10.1. The number of fused-ring (bicyclic) bond motifs is 3. The summed E-state index contributed by atoms with van der Waals surface area (Å²) < 4.78 is 3.45. The zero-order valence-corrected chi connectivity index (χ0v) is 24.2. The fraction of sp³-hybridized carbons (Fsp3) is 0.455. The molecule has 216 valence electrons. The van der Waals surface area contributed by atoms with Gasteiger partial charge >= 0.3 is 0 Å². The standard InChI is InChI=1S/C33H38N8O/c1-3-15-40-32(42)28-16-34-33(37-31(28)41(40)29-14-9-22-8-7-21(2)30(22)36-29)35-25-10-12-27(13-11-25)39-19-23-17-38(18-24(23)20-39)26-5-4-6-26/h3,9-14,16,21,23-24,26H,1,4-8,15,17-20H2,2H3,(H,34,35,37)/t21?,23-,24+. The van der Waals surface area contributed by atoms with Crippen molar-refractivity contribution in [1.29, 1.82) is 0 Å². The second-order valence-corrected chi connectivity index (χ2v) is 12.7. The van der Waals surface area contributed by atoms with Crippen molar-refractivity contribution in [3.8, 4) is 5.82 Å². The lowest BCUT2D eigenvalue weighted by molar-refractivity contribution is 0.149. The van der Waals surface area contributed by atoms with Crippen molar-refractivity contribution < 1.29 is 0 Å². The quantitative estimate of drug-likeness (QED) is 0.322. The summed E-state index contributed by atoms with van der Waals surface area (Å²) in [6.07, 6.45) is 9.69. The maximum Gasteiger partial charge on any atom is 0.278 e.